The SMILES string of the molecule is Cc1[nH]nc(NC(=O)c2ccccc2F)c1C(=O)O. The van der Waals surface area contributed by atoms with Crippen molar-refractivity contribution >= 4 is 17.7 Å². The van der Waals surface area contributed by atoms with Crippen molar-refractivity contribution in [3.05, 3.63) is 46.9 Å². The summed E-state index contributed by atoms with van der Waals surface area (Å²) in [5, 5.41) is 17.4. The van der Waals surface area contributed by atoms with Gasteiger partial charge in [0.2, 0.25) is 0 Å². The Morgan fingerprint density at radius 1 is 1.37 bits per heavy atom. The van der Waals surface area contributed by atoms with Gasteiger partial charge in [0.1, 0.15) is 11.4 Å². The second kappa shape index (κ2) is 4.89. The van der Waals surface area contributed by atoms with Crippen molar-refractivity contribution in [3.8, 4) is 0 Å². The lowest BCUT2D eigenvalue weighted by atomic mass is 10.2. The van der Waals surface area contributed by atoms with Crippen molar-refractivity contribution in [2.75, 3.05) is 5.32 Å². The number of halogens is 1. The van der Waals surface area contributed by atoms with Crippen molar-refractivity contribution in [1.29, 1.82) is 0 Å². The molecule has 0 saturated carbocycles. The molecule has 0 fully saturated rings. The molecule has 0 aliphatic rings. The van der Waals surface area contributed by atoms with E-state index in [1.807, 2.05) is 0 Å². The molecule has 2 aromatic rings. The minimum atomic E-state index is -1.23. The van der Waals surface area contributed by atoms with E-state index >= 15 is 0 Å². The molecule has 7 heteroatoms. The number of aromatic carboxylic acids is 1. The lowest BCUT2D eigenvalue weighted by Crippen LogP contribution is -2.16. The molecule has 1 aromatic carbocycles. The van der Waals surface area contributed by atoms with E-state index in [2.05, 4.69) is 15.5 Å². The number of anilines is 1. The minimum absolute atomic E-state index is 0.141. The summed E-state index contributed by atoms with van der Waals surface area (Å²) in [4.78, 5) is 22.8. The van der Waals surface area contributed by atoms with Crippen LogP contribution in [-0.2, 0) is 0 Å². The Labute approximate surface area is 107 Å². The van der Waals surface area contributed by atoms with Gasteiger partial charge in [-0.15, -0.1) is 0 Å². The number of aromatic nitrogens is 2. The van der Waals surface area contributed by atoms with Gasteiger partial charge in [0.15, 0.2) is 5.82 Å². The zero-order chi connectivity index (χ0) is 14.0. The Morgan fingerprint density at radius 3 is 2.68 bits per heavy atom. The first-order chi connectivity index (χ1) is 9.00. The number of carbonyl (C=O) groups is 2. The molecule has 1 aromatic heterocycles. The topological polar surface area (TPSA) is 95.1 Å². The Hall–Kier alpha value is -2.70. The van der Waals surface area contributed by atoms with Crippen molar-refractivity contribution < 1.29 is 19.1 Å². The number of aryl methyl sites for hydroxylation is 1. The van der Waals surface area contributed by atoms with Gasteiger partial charge in [0.05, 0.1) is 5.56 Å². The number of nitrogens with zero attached hydrogens (tertiary/aromatic N) is 1. The van der Waals surface area contributed by atoms with Crippen molar-refractivity contribution in [2.24, 2.45) is 0 Å². The summed E-state index contributed by atoms with van der Waals surface area (Å²) in [5.74, 6) is -2.82. The molecule has 0 bridgehead atoms. The predicted molar refractivity (Wildman–Crippen MR) is 64.6 cm³/mol. The molecule has 3 N–H and O–H groups in total. The Morgan fingerprint density at radius 2 is 2.05 bits per heavy atom. The van der Waals surface area contributed by atoms with E-state index in [0.29, 0.717) is 5.69 Å². The fraction of sp³-hybridized carbons (Fsp3) is 0.0833. The van der Waals surface area contributed by atoms with Crippen LogP contribution in [0.2, 0.25) is 0 Å². The second-order valence-corrected chi connectivity index (χ2v) is 3.81. The second-order valence-electron chi connectivity index (χ2n) is 3.81. The van der Waals surface area contributed by atoms with Gasteiger partial charge in [-0.1, -0.05) is 12.1 Å². The minimum Gasteiger partial charge on any atom is -0.477 e. The van der Waals surface area contributed by atoms with Crippen LogP contribution in [0.3, 0.4) is 0 Å². The van der Waals surface area contributed by atoms with Crippen LogP contribution >= 0.6 is 0 Å². The summed E-state index contributed by atoms with van der Waals surface area (Å²) < 4.78 is 13.4. The number of hydrogen-bond acceptors (Lipinski definition) is 3. The number of aromatic amines is 1. The molecule has 98 valence electrons. The van der Waals surface area contributed by atoms with Gasteiger partial charge in [0, 0.05) is 5.69 Å². The molecule has 1 amide bonds. The third-order valence-corrected chi connectivity index (χ3v) is 2.51. The van der Waals surface area contributed by atoms with Gasteiger partial charge >= 0.3 is 5.97 Å². The molecule has 0 aliphatic heterocycles. The van der Waals surface area contributed by atoms with Crippen LogP contribution in [0.25, 0.3) is 0 Å². The highest BCUT2D eigenvalue weighted by Gasteiger charge is 2.20. The van der Waals surface area contributed by atoms with Crippen LogP contribution in [-0.4, -0.2) is 27.2 Å². The first-order valence-electron chi connectivity index (χ1n) is 5.35. The van der Waals surface area contributed by atoms with Crippen LogP contribution in [0.4, 0.5) is 10.2 Å². The number of hydrogen-bond donors (Lipinski definition) is 3. The summed E-state index contributed by atoms with van der Waals surface area (Å²) in [5.41, 5.74) is -0.0273. The number of carbonyl (C=O) groups excluding carboxylic acids is 1. The summed E-state index contributed by atoms with van der Waals surface area (Å²) in [6.45, 7) is 1.51. The zero-order valence-corrected chi connectivity index (χ0v) is 9.90. The summed E-state index contributed by atoms with van der Waals surface area (Å²) >= 11 is 0. The Kier molecular flexibility index (Phi) is 3.28. The van der Waals surface area contributed by atoms with Crippen molar-refractivity contribution in [2.45, 2.75) is 6.92 Å². The maximum atomic E-state index is 13.4. The van der Waals surface area contributed by atoms with Crippen LogP contribution in [0.5, 0.6) is 0 Å². The first kappa shape index (κ1) is 12.7. The average molecular weight is 263 g/mol. The van der Waals surface area contributed by atoms with E-state index in [-0.39, 0.29) is 16.9 Å². The number of amides is 1. The third kappa shape index (κ3) is 2.44. The van der Waals surface area contributed by atoms with Crippen molar-refractivity contribution in [1.82, 2.24) is 10.2 Å². The number of carboxylic acid groups (broad SMARTS) is 1. The zero-order valence-electron chi connectivity index (χ0n) is 9.90. The molecule has 0 spiro atoms. The number of carboxylic acids is 1. The highest BCUT2D eigenvalue weighted by molar-refractivity contribution is 6.07. The fourth-order valence-corrected chi connectivity index (χ4v) is 1.60. The highest BCUT2D eigenvalue weighted by atomic mass is 19.1. The Bertz CT molecular complexity index is 651. The molecule has 0 aliphatic carbocycles. The van der Waals surface area contributed by atoms with Gasteiger partial charge in [-0.2, -0.15) is 5.10 Å². The molecule has 0 saturated heterocycles. The lowest BCUT2D eigenvalue weighted by Gasteiger charge is -2.04. The van der Waals surface area contributed by atoms with Crippen LogP contribution < -0.4 is 5.32 Å². The highest BCUT2D eigenvalue weighted by Crippen LogP contribution is 2.17. The first-order valence-corrected chi connectivity index (χ1v) is 5.35. The largest absolute Gasteiger partial charge is 0.477 e. The van der Waals surface area contributed by atoms with E-state index in [1.54, 1.807) is 0 Å². The quantitative estimate of drug-likeness (QED) is 0.787. The Balaban J connectivity index is 2.30. The monoisotopic (exact) mass is 263 g/mol. The molecule has 6 nitrogen and oxygen atoms in total. The molecular formula is C12H10FN3O3. The fourth-order valence-electron chi connectivity index (χ4n) is 1.60. The third-order valence-electron chi connectivity index (χ3n) is 2.51. The molecular weight excluding hydrogens is 253 g/mol. The van der Waals surface area contributed by atoms with E-state index in [1.165, 1.54) is 25.1 Å². The average Bonchev–Trinajstić information content (AvgIpc) is 2.70. The smallest absolute Gasteiger partial charge is 0.341 e. The van der Waals surface area contributed by atoms with Crippen LogP contribution in [0.1, 0.15) is 26.4 Å². The summed E-state index contributed by atoms with van der Waals surface area (Å²) in [6, 6.07) is 5.40. The standard InChI is InChI=1S/C12H10FN3O3/c1-6-9(12(18)19)10(16-15-6)14-11(17)7-4-2-3-5-8(7)13/h2-5H,1H3,(H,18,19)(H2,14,15,16,17). The molecule has 2 rings (SSSR count). The van der Waals surface area contributed by atoms with Crippen LogP contribution in [0.15, 0.2) is 24.3 Å². The summed E-state index contributed by atoms with van der Waals surface area (Å²) in [7, 11) is 0. The van der Waals surface area contributed by atoms with E-state index in [4.69, 9.17) is 5.11 Å². The van der Waals surface area contributed by atoms with Gasteiger partial charge in [-0.3, -0.25) is 9.89 Å². The summed E-state index contributed by atoms with van der Waals surface area (Å²) in [6.07, 6.45) is 0. The van der Waals surface area contributed by atoms with Crippen molar-refractivity contribution in [3.63, 3.8) is 0 Å². The lowest BCUT2D eigenvalue weighted by molar-refractivity contribution is 0.0697. The number of benzene rings is 1. The van der Waals surface area contributed by atoms with Gasteiger partial charge in [-0.25, -0.2) is 9.18 Å². The number of rotatable bonds is 3. The maximum absolute atomic E-state index is 13.4. The molecule has 1 heterocycles. The number of H-pyrrole nitrogens is 1. The van der Waals surface area contributed by atoms with E-state index in [9.17, 15) is 14.0 Å². The van der Waals surface area contributed by atoms with Gasteiger partial charge < -0.3 is 10.4 Å². The predicted octanol–water partition coefficient (Wildman–Crippen LogP) is 1.81. The van der Waals surface area contributed by atoms with Gasteiger partial charge in [-0.05, 0) is 19.1 Å². The van der Waals surface area contributed by atoms with Crippen LogP contribution in [0, 0.1) is 12.7 Å². The van der Waals surface area contributed by atoms with E-state index in [0.717, 1.165) is 6.07 Å². The maximum Gasteiger partial charge on any atom is 0.341 e. The molecule has 0 unspecified atom stereocenters. The van der Waals surface area contributed by atoms with E-state index < -0.39 is 17.7 Å². The normalized spacial score (nSPS) is 10.2. The molecule has 0 radical (unpaired) electrons. The molecule has 0 atom stereocenters. The van der Waals surface area contributed by atoms with Gasteiger partial charge in [0.25, 0.3) is 5.91 Å². The molecule has 19 heavy (non-hydrogen) atoms. The number of nitrogens with one attached hydrogen (secondary N) is 2.